The van der Waals surface area contributed by atoms with Crippen LogP contribution in [0.1, 0.15) is 18.9 Å². The maximum absolute atomic E-state index is 11.1. The number of carbonyl (C=O) groups excluding carboxylic acids is 1. The monoisotopic (exact) mass is 271 g/mol. The Kier molecular flexibility index (Phi) is 6.72. The molecule has 0 aliphatic carbocycles. The minimum Gasteiger partial charge on any atom is -0.466 e. The Balaban J connectivity index is 2.25. The van der Waals surface area contributed by atoms with Gasteiger partial charge in [-0.2, -0.15) is 0 Å². The molecule has 0 saturated heterocycles. The number of hydrogen-bond acceptors (Lipinski definition) is 4. The molecule has 1 rings (SSSR count). The molecule has 1 aromatic carbocycles. The van der Waals surface area contributed by atoms with Crippen LogP contribution in [0.3, 0.4) is 0 Å². The minimum atomic E-state index is -0.744. The second-order valence-electron chi connectivity index (χ2n) is 3.89. The molecule has 18 heavy (non-hydrogen) atoms. The Morgan fingerprint density at radius 3 is 2.89 bits per heavy atom. The highest BCUT2D eigenvalue weighted by molar-refractivity contribution is 6.31. The third kappa shape index (κ3) is 5.49. The number of esters is 1. The first kappa shape index (κ1) is 15.0. The van der Waals surface area contributed by atoms with Gasteiger partial charge in [-0.25, -0.2) is 0 Å². The summed E-state index contributed by atoms with van der Waals surface area (Å²) in [6.45, 7) is 2.95. The highest BCUT2D eigenvalue weighted by Gasteiger charge is 2.11. The van der Waals surface area contributed by atoms with Gasteiger partial charge in [0.05, 0.1) is 19.1 Å². The van der Waals surface area contributed by atoms with Crippen LogP contribution < -0.4 is 5.32 Å². The van der Waals surface area contributed by atoms with Crippen LogP contribution in [0, 0.1) is 0 Å². The van der Waals surface area contributed by atoms with Gasteiger partial charge in [0.25, 0.3) is 0 Å². The van der Waals surface area contributed by atoms with Crippen molar-refractivity contribution in [3.05, 3.63) is 34.9 Å². The van der Waals surface area contributed by atoms with Gasteiger partial charge in [-0.05, 0) is 18.6 Å². The van der Waals surface area contributed by atoms with Gasteiger partial charge in [-0.3, -0.25) is 4.79 Å². The molecule has 0 saturated carbocycles. The molecule has 0 aromatic heterocycles. The molecule has 1 atom stereocenters. The summed E-state index contributed by atoms with van der Waals surface area (Å²) in [4.78, 5) is 11.1. The Labute approximate surface area is 112 Å². The SMILES string of the molecule is CCOC(=O)CC(O)CNCc1ccccc1Cl. The van der Waals surface area contributed by atoms with E-state index in [9.17, 15) is 9.90 Å². The summed E-state index contributed by atoms with van der Waals surface area (Å²) in [5.41, 5.74) is 0.961. The topological polar surface area (TPSA) is 58.6 Å². The summed E-state index contributed by atoms with van der Waals surface area (Å²) in [6.07, 6.45) is -0.741. The fourth-order valence-electron chi connectivity index (χ4n) is 1.50. The van der Waals surface area contributed by atoms with E-state index in [2.05, 4.69) is 5.32 Å². The number of aliphatic hydroxyl groups is 1. The van der Waals surface area contributed by atoms with E-state index in [-0.39, 0.29) is 12.4 Å². The molecule has 5 heteroatoms. The molecule has 100 valence electrons. The third-order valence-corrected chi connectivity index (χ3v) is 2.73. The summed E-state index contributed by atoms with van der Waals surface area (Å²) >= 11 is 5.99. The highest BCUT2D eigenvalue weighted by Crippen LogP contribution is 2.14. The van der Waals surface area contributed by atoms with Crippen molar-refractivity contribution in [1.29, 1.82) is 0 Å². The summed E-state index contributed by atoms with van der Waals surface area (Å²) in [6, 6.07) is 7.49. The zero-order valence-electron chi connectivity index (χ0n) is 10.4. The lowest BCUT2D eigenvalue weighted by Gasteiger charge is -2.11. The summed E-state index contributed by atoms with van der Waals surface area (Å²) < 4.78 is 4.75. The second kappa shape index (κ2) is 8.08. The predicted molar refractivity (Wildman–Crippen MR) is 70.4 cm³/mol. The van der Waals surface area contributed by atoms with E-state index in [1.807, 2.05) is 24.3 Å². The first-order valence-corrected chi connectivity index (χ1v) is 6.29. The summed E-state index contributed by atoms with van der Waals surface area (Å²) in [5, 5.41) is 13.3. The number of ether oxygens (including phenoxy) is 1. The van der Waals surface area contributed by atoms with Crippen LogP contribution in [0.25, 0.3) is 0 Å². The van der Waals surface area contributed by atoms with E-state index < -0.39 is 6.10 Å². The maximum atomic E-state index is 11.1. The van der Waals surface area contributed by atoms with Crippen LogP contribution in [0.4, 0.5) is 0 Å². The number of carbonyl (C=O) groups is 1. The second-order valence-corrected chi connectivity index (χ2v) is 4.29. The van der Waals surface area contributed by atoms with Gasteiger partial charge in [0, 0.05) is 18.1 Å². The number of halogens is 1. The molecule has 1 aromatic rings. The molecule has 4 nitrogen and oxygen atoms in total. The first-order chi connectivity index (χ1) is 8.63. The zero-order valence-corrected chi connectivity index (χ0v) is 11.1. The van der Waals surface area contributed by atoms with Crippen molar-refractivity contribution in [1.82, 2.24) is 5.32 Å². The van der Waals surface area contributed by atoms with E-state index in [0.717, 1.165) is 5.56 Å². The largest absolute Gasteiger partial charge is 0.466 e. The molecule has 0 radical (unpaired) electrons. The smallest absolute Gasteiger partial charge is 0.308 e. The quantitative estimate of drug-likeness (QED) is 0.742. The molecular formula is C13H18ClNO3. The number of nitrogens with one attached hydrogen (secondary N) is 1. The predicted octanol–water partition coefficient (Wildman–Crippen LogP) is 1.74. The van der Waals surface area contributed by atoms with E-state index >= 15 is 0 Å². The maximum Gasteiger partial charge on any atom is 0.308 e. The molecule has 2 N–H and O–H groups in total. The van der Waals surface area contributed by atoms with Gasteiger partial charge < -0.3 is 15.2 Å². The third-order valence-electron chi connectivity index (χ3n) is 2.36. The molecule has 0 aliphatic rings. The van der Waals surface area contributed by atoms with Crippen LogP contribution in [-0.2, 0) is 16.1 Å². The average molecular weight is 272 g/mol. The molecule has 0 fully saturated rings. The molecule has 1 unspecified atom stereocenters. The van der Waals surface area contributed by atoms with Crippen LogP contribution in [0.15, 0.2) is 24.3 Å². The van der Waals surface area contributed by atoms with Crippen LogP contribution in [-0.4, -0.2) is 30.3 Å². The Bertz CT molecular complexity index is 384. The Morgan fingerprint density at radius 2 is 2.22 bits per heavy atom. The lowest BCUT2D eigenvalue weighted by Crippen LogP contribution is -2.29. The van der Waals surface area contributed by atoms with Crippen LogP contribution in [0.5, 0.6) is 0 Å². The molecule has 0 heterocycles. The molecule has 0 amide bonds. The van der Waals surface area contributed by atoms with Crippen molar-refractivity contribution in [2.24, 2.45) is 0 Å². The molecule has 0 aliphatic heterocycles. The van der Waals surface area contributed by atoms with Crippen molar-refractivity contribution in [2.45, 2.75) is 26.0 Å². The summed E-state index contributed by atoms with van der Waals surface area (Å²) in [5.74, 6) is -0.385. The standard InChI is InChI=1S/C13H18ClNO3/c1-2-18-13(17)7-11(16)9-15-8-10-5-3-4-6-12(10)14/h3-6,11,15-16H,2,7-9H2,1H3. The molecule has 0 spiro atoms. The summed E-state index contributed by atoms with van der Waals surface area (Å²) in [7, 11) is 0. The van der Waals surface area contributed by atoms with Crippen molar-refractivity contribution in [3.63, 3.8) is 0 Å². The number of aliphatic hydroxyl groups excluding tert-OH is 1. The van der Waals surface area contributed by atoms with E-state index in [4.69, 9.17) is 16.3 Å². The zero-order chi connectivity index (χ0) is 13.4. The fraction of sp³-hybridized carbons (Fsp3) is 0.462. The fourth-order valence-corrected chi connectivity index (χ4v) is 1.70. The van der Waals surface area contributed by atoms with Gasteiger partial charge >= 0.3 is 5.97 Å². The normalized spacial score (nSPS) is 12.2. The van der Waals surface area contributed by atoms with Gasteiger partial charge in [0.1, 0.15) is 0 Å². The number of benzene rings is 1. The van der Waals surface area contributed by atoms with Gasteiger partial charge in [0.15, 0.2) is 0 Å². The van der Waals surface area contributed by atoms with Crippen molar-refractivity contribution in [3.8, 4) is 0 Å². The van der Waals surface area contributed by atoms with E-state index in [1.165, 1.54) is 0 Å². The van der Waals surface area contributed by atoms with Crippen LogP contribution in [0.2, 0.25) is 5.02 Å². The Hall–Kier alpha value is -1.10. The average Bonchev–Trinajstić information content (AvgIpc) is 2.31. The lowest BCUT2D eigenvalue weighted by molar-refractivity contribution is -0.145. The van der Waals surface area contributed by atoms with Gasteiger partial charge in [0.2, 0.25) is 0 Å². The molecular weight excluding hydrogens is 254 g/mol. The van der Waals surface area contributed by atoms with Crippen molar-refractivity contribution in [2.75, 3.05) is 13.2 Å². The lowest BCUT2D eigenvalue weighted by atomic mass is 10.2. The van der Waals surface area contributed by atoms with Gasteiger partial charge in [-0.1, -0.05) is 29.8 Å². The number of hydrogen-bond donors (Lipinski definition) is 2. The van der Waals surface area contributed by atoms with Crippen molar-refractivity contribution >= 4 is 17.6 Å². The van der Waals surface area contributed by atoms with Crippen molar-refractivity contribution < 1.29 is 14.6 Å². The van der Waals surface area contributed by atoms with Gasteiger partial charge in [-0.15, -0.1) is 0 Å². The van der Waals surface area contributed by atoms with Crippen LogP contribution >= 0.6 is 11.6 Å². The molecule has 0 bridgehead atoms. The highest BCUT2D eigenvalue weighted by atomic mass is 35.5. The number of rotatable bonds is 7. The van der Waals surface area contributed by atoms with E-state index in [0.29, 0.717) is 24.7 Å². The van der Waals surface area contributed by atoms with E-state index in [1.54, 1.807) is 6.92 Å². The minimum absolute atomic E-state index is 0.00334. The Morgan fingerprint density at radius 1 is 1.50 bits per heavy atom. The first-order valence-electron chi connectivity index (χ1n) is 5.91.